The molecule has 6 heteroatoms. The molecule has 0 aliphatic heterocycles. The van der Waals surface area contributed by atoms with Gasteiger partial charge in [0.1, 0.15) is 23.3 Å². The van der Waals surface area contributed by atoms with E-state index in [2.05, 4.69) is 99.6 Å². The minimum atomic E-state index is -0.234. The Kier molecular flexibility index (Phi) is 23.6. The first kappa shape index (κ1) is 61.6. The minimum absolute atomic E-state index is 0.0437. The first-order valence-electron chi connectivity index (χ1n) is 23.4. The second kappa shape index (κ2) is 26.0. The van der Waals surface area contributed by atoms with E-state index in [9.17, 15) is 17.6 Å². The Morgan fingerprint density at radius 2 is 0.735 bits per heavy atom. The highest BCUT2D eigenvalue weighted by Crippen LogP contribution is 2.32. The van der Waals surface area contributed by atoms with Crippen LogP contribution < -0.4 is 0 Å². The molecule has 0 saturated carbocycles. The second-order valence-corrected chi connectivity index (χ2v) is 24.2. The summed E-state index contributed by atoms with van der Waals surface area (Å²) in [6.45, 7) is 41.5. The van der Waals surface area contributed by atoms with Crippen LogP contribution in [0.2, 0.25) is 10.0 Å². The lowest BCUT2D eigenvalue weighted by atomic mass is 9.84. The van der Waals surface area contributed by atoms with Gasteiger partial charge in [0.05, 0.1) is 0 Å². The molecular weight excluding hydrogens is 892 g/mol. The molecule has 0 unspecified atom stereocenters. The maximum Gasteiger partial charge on any atom is 0.128 e. The van der Waals surface area contributed by atoms with Crippen molar-refractivity contribution in [2.24, 2.45) is 0 Å². The number of rotatable bonds is 0. The van der Waals surface area contributed by atoms with Crippen LogP contribution in [0.5, 0.6) is 0 Å². The topological polar surface area (TPSA) is 0 Å². The highest BCUT2D eigenvalue weighted by molar-refractivity contribution is 6.31. The molecule has 0 spiro atoms. The molecule has 0 amide bonds. The van der Waals surface area contributed by atoms with Gasteiger partial charge in [0, 0.05) is 15.6 Å². The maximum absolute atomic E-state index is 13.3. The highest BCUT2D eigenvalue weighted by Gasteiger charge is 2.22. The van der Waals surface area contributed by atoms with Gasteiger partial charge in [-0.2, -0.15) is 0 Å². The zero-order valence-corrected chi connectivity index (χ0v) is 46.5. The van der Waals surface area contributed by atoms with E-state index in [0.717, 1.165) is 27.3 Å². The van der Waals surface area contributed by atoms with Crippen LogP contribution in [0, 0.1) is 37.1 Å². The summed E-state index contributed by atoms with van der Waals surface area (Å²) in [7, 11) is 0. The third-order valence-corrected chi connectivity index (χ3v) is 11.3. The van der Waals surface area contributed by atoms with E-state index in [4.69, 9.17) is 23.2 Å². The van der Waals surface area contributed by atoms with Crippen LogP contribution in [0.25, 0.3) is 0 Å². The monoisotopic (exact) mass is 973 g/mol. The van der Waals surface area contributed by atoms with Crippen molar-refractivity contribution in [1.82, 2.24) is 0 Å². The third-order valence-electron chi connectivity index (χ3n) is 10.7. The molecule has 0 N–H and O–H groups in total. The van der Waals surface area contributed by atoms with Crippen molar-refractivity contribution in [3.05, 3.63) is 211 Å². The average Bonchev–Trinajstić information content (AvgIpc) is 3.18. The minimum Gasteiger partial charge on any atom is -0.207 e. The Balaban J connectivity index is 0.000000408. The van der Waals surface area contributed by atoms with E-state index in [1.165, 1.54) is 41.0 Å². The Labute approximate surface area is 421 Å². The number of benzene rings is 6. The van der Waals surface area contributed by atoms with Crippen molar-refractivity contribution in [3.8, 4) is 0 Å². The maximum atomic E-state index is 13.3. The van der Waals surface area contributed by atoms with E-state index in [-0.39, 0.29) is 55.8 Å². The van der Waals surface area contributed by atoms with Gasteiger partial charge in [-0.05, 0) is 122 Å². The fourth-order valence-electron chi connectivity index (χ4n) is 6.94. The van der Waals surface area contributed by atoms with E-state index in [1.807, 2.05) is 112 Å². The number of hydrogen-bond acceptors (Lipinski definition) is 0. The molecule has 0 aliphatic rings. The molecule has 6 aromatic carbocycles. The molecule has 0 fully saturated rings. The number of halogens is 6. The average molecular weight is 974 g/mol. The van der Waals surface area contributed by atoms with Crippen molar-refractivity contribution in [2.45, 2.75) is 171 Å². The SMILES string of the molecule is CC(C)(C)c1c(F)cccc1Cl.CC(C)(C)c1cccc(F)c1.CC(C)(C)c1ccccc1Cl.CC(C)(C)c1ccccc1F.Cc1ccc(F)c(C(C)(C)C)c1.Cc1ccccc1C(C)(C)C. The largest absolute Gasteiger partial charge is 0.207 e. The molecule has 372 valence electrons. The van der Waals surface area contributed by atoms with Gasteiger partial charge in [-0.25, -0.2) is 17.6 Å². The van der Waals surface area contributed by atoms with Crippen LogP contribution in [0.4, 0.5) is 17.6 Å². The molecule has 0 bridgehead atoms. The molecule has 6 aromatic rings. The van der Waals surface area contributed by atoms with Crippen LogP contribution in [0.15, 0.2) is 133 Å². The number of aryl methyl sites for hydroxylation is 2. The molecule has 0 saturated heterocycles. The first-order chi connectivity index (χ1) is 30.9. The molecule has 0 aromatic heterocycles. The van der Waals surface area contributed by atoms with Crippen molar-refractivity contribution in [1.29, 1.82) is 0 Å². The van der Waals surface area contributed by atoms with Gasteiger partial charge in [-0.1, -0.05) is 244 Å². The lowest BCUT2D eigenvalue weighted by molar-refractivity contribution is 0.522. The Hall–Kier alpha value is -4.38. The van der Waals surface area contributed by atoms with Crippen molar-refractivity contribution in [3.63, 3.8) is 0 Å². The van der Waals surface area contributed by atoms with E-state index >= 15 is 0 Å². The van der Waals surface area contributed by atoms with Crippen LogP contribution in [-0.4, -0.2) is 0 Å². The zero-order valence-electron chi connectivity index (χ0n) is 45.0. The lowest BCUT2D eigenvalue weighted by Gasteiger charge is -2.21. The van der Waals surface area contributed by atoms with Gasteiger partial charge >= 0.3 is 0 Å². The van der Waals surface area contributed by atoms with Crippen molar-refractivity contribution in [2.75, 3.05) is 0 Å². The van der Waals surface area contributed by atoms with Crippen LogP contribution in [-0.2, 0) is 32.5 Å². The summed E-state index contributed by atoms with van der Waals surface area (Å²) in [6, 6.07) is 40.2. The molecule has 0 atom stereocenters. The van der Waals surface area contributed by atoms with Crippen LogP contribution >= 0.6 is 23.2 Å². The van der Waals surface area contributed by atoms with Crippen molar-refractivity contribution >= 4 is 23.2 Å². The molecule has 0 radical (unpaired) electrons. The fourth-order valence-corrected chi connectivity index (χ4v) is 7.80. The first-order valence-corrected chi connectivity index (χ1v) is 24.2. The van der Waals surface area contributed by atoms with Crippen LogP contribution in [0.3, 0.4) is 0 Å². The van der Waals surface area contributed by atoms with Gasteiger partial charge in [0.2, 0.25) is 0 Å². The highest BCUT2D eigenvalue weighted by atomic mass is 35.5. The molecule has 0 heterocycles. The Bertz CT molecular complexity index is 2290. The standard InChI is InChI=1S/C11H15F.C11H16.C10H12ClF.C10H13Cl.2C10H13F/c1-8-5-6-10(12)9(7-8)11(2,3)4;1-9-7-5-6-8-10(9)11(2,3)4;1-10(2,3)9-7(11)5-4-6-8(9)12;1-10(2,3)8-6-4-5-7-9(8)11;1-10(2,3)8-5-4-6-9(11)7-8;1-10(2,3)8-6-4-5-7-9(8)11/h5-7H,1-4H3;5-8H,1-4H3;4-6H,1-3H3;3*4-7H,1-3H3. The van der Waals surface area contributed by atoms with Crippen LogP contribution in [0.1, 0.15) is 169 Å². The smallest absolute Gasteiger partial charge is 0.128 e. The van der Waals surface area contributed by atoms with Crippen molar-refractivity contribution < 1.29 is 17.6 Å². The van der Waals surface area contributed by atoms with E-state index in [1.54, 1.807) is 36.4 Å². The predicted octanol–water partition coefficient (Wildman–Crippen LogP) is 20.4. The van der Waals surface area contributed by atoms with E-state index < -0.39 is 0 Å². The molecule has 0 aliphatic carbocycles. The number of hydrogen-bond donors (Lipinski definition) is 0. The Morgan fingerprint density at radius 1 is 0.324 bits per heavy atom. The molecular formula is C62H82Cl2F4. The predicted molar refractivity (Wildman–Crippen MR) is 290 cm³/mol. The molecule has 6 rings (SSSR count). The zero-order chi connectivity index (χ0) is 52.6. The summed E-state index contributed by atoms with van der Waals surface area (Å²) in [4.78, 5) is 0. The molecule has 0 nitrogen and oxygen atoms in total. The lowest BCUT2D eigenvalue weighted by Crippen LogP contribution is -2.14. The summed E-state index contributed by atoms with van der Waals surface area (Å²) in [6.07, 6.45) is 0. The van der Waals surface area contributed by atoms with Gasteiger partial charge in [-0.15, -0.1) is 0 Å². The summed E-state index contributed by atoms with van der Waals surface area (Å²) in [5.41, 5.74) is 8.41. The second-order valence-electron chi connectivity index (χ2n) is 23.4. The fraction of sp³-hybridized carbons (Fsp3) is 0.419. The summed E-state index contributed by atoms with van der Waals surface area (Å²) >= 11 is 11.9. The summed E-state index contributed by atoms with van der Waals surface area (Å²) in [5.74, 6) is -0.597. The third kappa shape index (κ3) is 21.9. The molecule has 68 heavy (non-hydrogen) atoms. The van der Waals surface area contributed by atoms with Gasteiger partial charge < -0.3 is 0 Å². The summed E-state index contributed by atoms with van der Waals surface area (Å²) < 4.78 is 52.3. The van der Waals surface area contributed by atoms with Gasteiger partial charge in [0.15, 0.2) is 0 Å². The summed E-state index contributed by atoms with van der Waals surface area (Å²) in [5, 5.41) is 1.36. The quantitative estimate of drug-likeness (QED) is 0.133. The van der Waals surface area contributed by atoms with E-state index in [0.29, 0.717) is 10.6 Å². The van der Waals surface area contributed by atoms with Gasteiger partial charge in [-0.3, -0.25) is 0 Å². The normalized spacial score (nSPS) is 11.7. The Morgan fingerprint density at radius 3 is 1.07 bits per heavy atom. The van der Waals surface area contributed by atoms with Gasteiger partial charge in [0.25, 0.3) is 0 Å².